The van der Waals surface area contributed by atoms with Crippen molar-refractivity contribution in [1.82, 2.24) is 15.3 Å². The minimum atomic E-state index is -0.0832. The highest BCUT2D eigenvalue weighted by Crippen LogP contribution is 2.29. The molecule has 4 rings (SSSR count). The highest BCUT2D eigenvalue weighted by molar-refractivity contribution is 7.98. The topological polar surface area (TPSA) is 58.1 Å². The molecule has 1 aromatic heterocycles. The molecule has 0 saturated heterocycles. The van der Waals surface area contributed by atoms with Crippen LogP contribution < -0.4 is 10.2 Å². The number of aromatic nitrogens is 2. The van der Waals surface area contributed by atoms with E-state index in [9.17, 15) is 4.79 Å². The van der Waals surface area contributed by atoms with Gasteiger partial charge in [0, 0.05) is 42.9 Å². The second kappa shape index (κ2) is 10.6. The summed E-state index contributed by atoms with van der Waals surface area (Å²) in [5.74, 6) is 2.30. The van der Waals surface area contributed by atoms with Gasteiger partial charge in [-0.1, -0.05) is 75.0 Å². The van der Waals surface area contributed by atoms with Gasteiger partial charge in [0.15, 0.2) is 5.16 Å². The Kier molecular flexibility index (Phi) is 7.57. The van der Waals surface area contributed by atoms with Crippen molar-refractivity contribution in [2.45, 2.75) is 56.5 Å². The minimum Gasteiger partial charge on any atom is -0.355 e. The van der Waals surface area contributed by atoms with Crippen molar-refractivity contribution in [3.05, 3.63) is 83.0 Å². The average molecular weight is 475 g/mol. The first-order valence-electron chi connectivity index (χ1n) is 11.9. The van der Waals surface area contributed by atoms with Crippen LogP contribution in [0.5, 0.6) is 0 Å². The smallest absolute Gasteiger partial charge is 0.251 e. The first kappa shape index (κ1) is 24.3. The Labute approximate surface area is 207 Å². The van der Waals surface area contributed by atoms with Crippen molar-refractivity contribution in [1.29, 1.82) is 0 Å². The Bertz CT molecular complexity index is 1120. The summed E-state index contributed by atoms with van der Waals surface area (Å²) in [4.78, 5) is 24.4. The van der Waals surface area contributed by atoms with Crippen LogP contribution in [0.2, 0.25) is 0 Å². The van der Waals surface area contributed by atoms with E-state index in [4.69, 9.17) is 9.97 Å². The molecule has 1 fully saturated rings. The van der Waals surface area contributed by atoms with E-state index in [1.54, 1.807) is 11.8 Å². The SMILES string of the molecule is CN(Cc1ccccc1)c1cc(C(C)(C)C)nc(SCc2cccc(C(=O)NCC3CC3)c2)n1. The zero-order valence-electron chi connectivity index (χ0n) is 20.5. The van der Waals surface area contributed by atoms with Gasteiger partial charge >= 0.3 is 0 Å². The predicted octanol–water partition coefficient (Wildman–Crippen LogP) is 5.84. The fourth-order valence-corrected chi connectivity index (χ4v) is 4.40. The largest absolute Gasteiger partial charge is 0.355 e. The molecule has 3 aromatic rings. The molecular weight excluding hydrogens is 440 g/mol. The predicted molar refractivity (Wildman–Crippen MR) is 140 cm³/mol. The van der Waals surface area contributed by atoms with Crippen molar-refractivity contribution in [2.24, 2.45) is 5.92 Å². The van der Waals surface area contributed by atoms with E-state index >= 15 is 0 Å². The fourth-order valence-electron chi connectivity index (χ4n) is 3.61. The molecular formula is C28H34N4OS. The number of nitrogens with one attached hydrogen (secondary N) is 1. The molecule has 1 amide bonds. The summed E-state index contributed by atoms with van der Waals surface area (Å²) in [5.41, 5.74) is 3.99. The van der Waals surface area contributed by atoms with Gasteiger partial charge in [-0.3, -0.25) is 4.79 Å². The molecule has 0 atom stereocenters. The molecule has 0 aliphatic heterocycles. The Morgan fingerprint density at radius 2 is 1.76 bits per heavy atom. The zero-order chi connectivity index (χ0) is 24.1. The number of carbonyl (C=O) groups is 1. The zero-order valence-corrected chi connectivity index (χ0v) is 21.4. The summed E-state index contributed by atoms with van der Waals surface area (Å²) in [7, 11) is 2.07. The first-order valence-corrected chi connectivity index (χ1v) is 12.9. The number of benzene rings is 2. The monoisotopic (exact) mass is 474 g/mol. The van der Waals surface area contributed by atoms with Gasteiger partial charge in [0.2, 0.25) is 0 Å². The van der Waals surface area contributed by atoms with Crippen LogP contribution in [0.4, 0.5) is 5.82 Å². The lowest BCUT2D eigenvalue weighted by atomic mass is 9.92. The van der Waals surface area contributed by atoms with E-state index in [0.29, 0.717) is 17.2 Å². The number of hydrogen-bond acceptors (Lipinski definition) is 5. The molecule has 1 N–H and O–H groups in total. The second-order valence-corrected chi connectivity index (χ2v) is 11.1. The van der Waals surface area contributed by atoms with Gasteiger partial charge in [-0.15, -0.1) is 0 Å². The van der Waals surface area contributed by atoms with Crippen LogP contribution in [0, 0.1) is 5.92 Å². The van der Waals surface area contributed by atoms with Crippen LogP contribution in [-0.4, -0.2) is 29.5 Å². The van der Waals surface area contributed by atoms with Gasteiger partial charge < -0.3 is 10.2 Å². The van der Waals surface area contributed by atoms with E-state index in [0.717, 1.165) is 35.3 Å². The van der Waals surface area contributed by atoms with Gasteiger partial charge in [0.25, 0.3) is 5.91 Å². The van der Waals surface area contributed by atoms with Gasteiger partial charge in [-0.2, -0.15) is 0 Å². The number of hydrogen-bond donors (Lipinski definition) is 1. The second-order valence-electron chi connectivity index (χ2n) is 10.1. The van der Waals surface area contributed by atoms with Crippen molar-refractivity contribution >= 4 is 23.5 Å². The van der Waals surface area contributed by atoms with E-state index < -0.39 is 0 Å². The molecule has 1 saturated carbocycles. The maximum absolute atomic E-state index is 12.5. The minimum absolute atomic E-state index is 0.00885. The quantitative estimate of drug-likeness (QED) is 0.312. The third-order valence-corrected chi connectivity index (χ3v) is 6.84. The number of anilines is 1. The highest BCUT2D eigenvalue weighted by Gasteiger charge is 2.22. The fraction of sp³-hybridized carbons (Fsp3) is 0.393. The molecule has 2 aromatic carbocycles. The Morgan fingerprint density at radius 1 is 1.03 bits per heavy atom. The van der Waals surface area contributed by atoms with Crippen molar-refractivity contribution in [3.8, 4) is 0 Å². The van der Waals surface area contributed by atoms with Crippen LogP contribution in [0.3, 0.4) is 0 Å². The standard InChI is InChI=1S/C28H34N4OS/c1-28(2,3)24-16-25(32(4)18-21-9-6-5-7-10-21)31-27(30-24)34-19-22-11-8-12-23(15-22)26(33)29-17-20-13-14-20/h5-12,15-16,20H,13-14,17-19H2,1-4H3,(H,29,33). The number of amides is 1. The molecule has 178 valence electrons. The third kappa shape index (κ3) is 6.83. The molecule has 0 radical (unpaired) electrons. The van der Waals surface area contributed by atoms with E-state index in [2.05, 4.69) is 74.4 Å². The molecule has 1 aliphatic carbocycles. The maximum Gasteiger partial charge on any atom is 0.251 e. The summed E-state index contributed by atoms with van der Waals surface area (Å²) in [5, 5.41) is 3.81. The van der Waals surface area contributed by atoms with Gasteiger partial charge in [-0.05, 0) is 42.0 Å². The molecule has 1 aliphatic rings. The lowest BCUT2D eigenvalue weighted by Crippen LogP contribution is -2.25. The highest BCUT2D eigenvalue weighted by atomic mass is 32.2. The summed E-state index contributed by atoms with van der Waals surface area (Å²) in [6, 6.07) is 20.4. The molecule has 5 nitrogen and oxygen atoms in total. The van der Waals surface area contributed by atoms with Crippen molar-refractivity contribution in [2.75, 3.05) is 18.5 Å². The van der Waals surface area contributed by atoms with Crippen molar-refractivity contribution in [3.63, 3.8) is 0 Å². The normalized spacial score (nSPS) is 13.5. The molecule has 0 unspecified atom stereocenters. The number of nitrogens with zero attached hydrogens (tertiary/aromatic N) is 3. The molecule has 34 heavy (non-hydrogen) atoms. The maximum atomic E-state index is 12.5. The Balaban J connectivity index is 1.48. The summed E-state index contributed by atoms with van der Waals surface area (Å²) in [6.07, 6.45) is 2.46. The van der Waals surface area contributed by atoms with Crippen LogP contribution in [-0.2, 0) is 17.7 Å². The number of thioether (sulfide) groups is 1. The average Bonchev–Trinajstić information content (AvgIpc) is 3.66. The summed E-state index contributed by atoms with van der Waals surface area (Å²) in [6.45, 7) is 8.09. The first-order chi connectivity index (χ1) is 16.3. The number of carbonyl (C=O) groups excluding carboxylic acids is 1. The van der Waals surface area contributed by atoms with Gasteiger partial charge in [0.1, 0.15) is 5.82 Å². The van der Waals surface area contributed by atoms with Crippen LogP contribution in [0.25, 0.3) is 0 Å². The van der Waals surface area contributed by atoms with E-state index in [1.807, 2.05) is 24.3 Å². The Hall–Kier alpha value is -2.86. The van der Waals surface area contributed by atoms with Crippen molar-refractivity contribution < 1.29 is 4.79 Å². The lowest BCUT2D eigenvalue weighted by molar-refractivity contribution is 0.0951. The lowest BCUT2D eigenvalue weighted by Gasteiger charge is -2.23. The van der Waals surface area contributed by atoms with Crippen LogP contribution >= 0.6 is 11.8 Å². The van der Waals surface area contributed by atoms with Gasteiger partial charge in [-0.25, -0.2) is 9.97 Å². The van der Waals surface area contributed by atoms with Crippen LogP contribution in [0.15, 0.2) is 65.8 Å². The molecule has 0 bridgehead atoms. The van der Waals surface area contributed by atoms with E-state index in [1.165, 1.54) is 18.4 Å². The molecule has 0 spiro atoms. The Morgan fingerprint density at radius 3 is 2.47 bits per heavy atom. The van der Waals surface area contributed by atoms with Gasteiger partial charge in [0.05, 0.1) is 5.69 Å². The van der Waals surface area contributed by atoms with Crippen LogP contribution in [0.1, 0.15) is 60.8 Å². The summed E-state index contributed by atoms with van der Waals surface area (Å²) >= 11 is 1.61. The summed E-state index contributed by atoms with van der Waals surface area (Å²) < 4.78 is 0. The molecule has 1 heterocycles. The number of rotatable bonds is 9. The molecule has 6 heteroatoms. The third-order valence-electron chi connectivity index (χ3n) is 5.92. The van der Waals surface area contributed by atoms with E-state index in [-0.39, 0.29) is 11.3 Å².